The molecule has 2 N–H and O–H groups in total. The molecule has 1 saturated carbocycles. The summed E-state index contributed by atoms with van der Waals surface area (Å²) in [4.78, 5) is 0. The van der Waals surface area contributed by atoms with E-state index in [2.05, 4.69) is 19.2 Å². The Bertz CT molecular complexity index is 434. The van der Waals surface area contributed by atoms with Crippen LogP contribution in [0.25, 0.3) is 0 Å². The molecule has 2 nitrogen and oxygen atoms in total. The van der Waals surface area contributed by atoms with Crippen molar-refractivity contribution in [2.45, 2.75) is 26.4 Å². The summed E-state index contributed by atoms with van der Waals surface area (Å²) < 4.78 is 25.7. The molecule has 2 rings (SSSR count). The van der Waals surface area contributed by atoms with Gasteiger partial charge >= 0.3 is 0 Å². The Balaban J connectivity index is 1.80. The highest BCUT2D eigenvalue weighted by atomic mass is 19.2. The Morgan fingerprint density at radius 3 is 2.61 bits per heavy atom. The normalized spacial score (nSPS) is 22.8. The molecular weight excluding hydrogens is 236 g/mol. The number of aliphatic hydroxyl groups excluding tert-OH is 1. The summed E-state index contributed by atoms with van der Waals surface area (Å²) in [6, 6.07) is 3.49. The maximum absolute atomic E-state index is 13.0. The van der Waals surface area contributed by atoms with E-state index in [-0.39, 0.29) is 0 Å². The van der Waals surface area contributed by atoms with Gasteiger partial charge in [-0.1, -0.05) is 19.9 Å². The molecule has 1 aromatic rings. The van der Waals surface area contributed by atoms with Gasteiger partial charge in [0.15, 0.2) is 11.6 Å². The van der Waals surface area contributed by atoms with Crippen LogP contribution in [-0.2, 0) is 0 Å². The van der Waals surface area contributed by atoms with Crippen molar-refractivity contribution >= 4 is 0 Å². The van der Waals surface area contributed by atoms with Crippen LogP contribution < -0.4 is 5.32 Å². The number of hydrogen-bond acceptors (Lipinski definition) is 2. The zero-order valence-corrected chi connectivity index (χ0v) is 10.7. The van der Waals surface area contributed by atoms with E-state index in [9.17, 15) is 13.9 Å². The highest BCUT2D eigenvalue weighted by Crippen LogP contribution is 2.50. The Morgan fingerprint density at radius 1 is 1.39 bits per heavy atom. The van der Waals surface area contributed by atoms with Gasteiger partial charge in [-0.05, 0) is 42.0 Å². The molecule has 1 aromatic carbocycles. The van der Waals surface area contributed by atoms with Gasteiger partial charge in [-0.2, -0.15) is 0 Å². The Kier molecular flexibility index (Phi) is 3.69. The molecule has 1 aliphatic rings. The van der Waals surface area contributed by atoms with E-state index < -0.39 is 17.7 Å². The van der Waals surface area contributed by atoms with Gasteiger partial charge in [0.05, 0.1) is 6.10 Å². The van der Waals surface area contributed by atoms with Crippen LogP contribution in [0.1, 0.15) is 31.9 Å². The van der Waals surface area contributed by atoms with Gasteiger partial charge < -0.3 is 10.4 Å². The molecule has 4 heteroatoms. The molecule has 1 aliphatic carbocycles. The third-order valence-corrected chi connectivity index (χ3v) is 3.77. The van der Waals surface area contributed by atoms with Gasteiger partial charge in [0.25, 0.3) is 0 Å². The van der Waals surface area contributed by atoms with Crippen LogP contribution in [0.2, 0.25) is 0 Å². The molecule has 0 amide bonds. The summed E-state index contributed by atoms with van der Waals surface area (Å²) in [6.07, 6.45) is 0.392. The van der Waals surface area contributed by atoms with Crippen LogP contribution in [0.15, 0.2) is 18.2 Å². The maximum atomic E-state index is 13.0. The molecule has 0 bridgehead atoms. The highest BCUT2D eigenvalue weighted by Gasteiger charge is 2.44. The van der Waals surface area contributed by atoms with Crippen LogP contribution >= 0.6 is 0 Å². The minimum Gasteiger partial charge on any atom is -0.387 e. The second-order valence-corrected chi connectivity index (χ2v) is 5.74. The van der Waals surface area contributed by atoms with Crippen molar-refractivity contribution in [1.29, 1.82) is 0 Å². The number of rotatable bonds is 5. The number of halogens is 2. The van der Waals surface area contributed by atoms with Gasteiger partial charge in [-0.3, -0.25) is 0 Å². The van der Waals surface area contributed by atoms with Crippen LogP contribution in [0.3, 0.4) is 0 Å². The molecule has 2 atom stereocenters. The lowest BCUT2D eigenvalue weighted by atomic mass is 10.1. The molecule has 100 valence electrons. The predicted molar refractivity (Wildman–Crippen MR) is 66.1 cm³/mol. The van der Waals surface area contributed by atoms with Crippen molar-refractivity contribution in [2.75, 3.05) is 13.1 Å². The van der Waals surface area contributed by atoms with E-state index >= 15 is 0 Å². The minimum absolute atomic E-state index is 0.359. The Labute approximate surface area is 106 Å². The summed E-state index contributed by atoms with van der Waals surface area (Å²) in [5.41, 5.74) is 0.802. The fourth-order valence-electron chi connectivity index (χ4n) is 2.16. The van der Waals surface area contributed by atoms with Gasteiger partial charge in [0.2, 0.25) is 0 Å². The number of aliphatic hydroxyl groups is 1. The first-order valence-corrected chi connectivity index (χ1v) is 6.24. The van der Waals surface area contributed by atoms with Gasteiger partial charge in [-0.15, -0.1) is 0 Å². The summed E-state index contributed by atoms with van der Waals surface area (Å²) in [6.45, 7) is 5.64. The number of nitrogens with one attached hydrogen (secondary N) is 1. The second-order valence-electron chi connectivity index (χ2n) is 5.74. The van der Waals surface area contributed by atoms with E-state index in [1.165, 1.54) is 12.5 Å². The monoisotopic (exact) mass is 255 g/mol. The van der Waals surface area contributed by atoms with Crippen molar-refractivity contribution in [3.63, 3.8) is 0 Å². The first kappa shape index (κ1) is 13.4. The van der Waals surface area contributed by atoms with Crippen LogP contribution in [0.4, 0.5) is 8.78 Å². The van der Waals surface area contributed by atoms with Gasteiger partial charge in [0.1, 0.15) is 0 Å². The van der Waals surface area contributed by atoms with Crippen molar-refractivity contribution in [3.05, 3.63) is 35.4 Å². The predicted octanol–water partition coefficient (Wildman–Crippen LogP) is 2.63. The SMILES string of the molecule is CC1(C)CC1CNCC(O)c1ccc(F)c(F)c1. The van der Waals surface area contributed by atoms with Crippen LogP contribution in [-0.4, -0.2) is 18.2 Å². The molecule has 0 spiro atoms. The quantitative estimate of drug-likeness (QED) is 0.847. The smallest absolute Gasteiger partial charge is 0.159 e. The molecule has 18 heavy (non-hydrogen) atoms. The fourth-order valence-corrected chi connectivity index (χ4v) is 2.16. The van der Waals surface area contributed by atoms with Crippen LogP contribution in [0.5, 0.6) is 0 Å². The topological polar surface area (TPSA) is 32.3 Å². The van der Waals surface area contributed by atoms with Crippen molar-refractivity contribution < 1.29 is 13.9 Å². The molecular formula is C14H19F2NO. The zero-order chi connectivity index (χ0) is 13.3. The third kappa shape index (κ3) is 3.06. The molecule has 0 radical (unpaired) electrons. The summed E-state index contributed by atoms with van der Waals surface area (Å²) >= 11 is 0. The van der Waals surface area contributed by atoms with Gasteiger partial charge in [0, 0.05) is 6.54 Å². The molecule has 0 aliphatic heterocycles. The average molecular weight is 255 g/mol. The van der Waals surface area contributed by atoms with Crippen molar-refractivity contribution in [2.24, 2.45) is 11.3 Å². The first-order chi connectivity index (χ1) is 8.40. The second kappa shape index (κ2) is 4.94. The summed E-state index contributed by atoms with van der Waals surface area (Å²) in [5, 5.41) is 13.0. The lowest BCUT2D eigenvalue weighted by Gasteiger charge is -2.13. The molecule has 0 heterocycles. The maximum Gasteiger partial charge on any atom is 0.159 e. The van der Waals surface area contributed by atoms with E-state index in [0.717, 1.165) is 18.7 Å². The zero-order valence-electron chi connectivity index (χ0n) is 10.7. The molecule has 2 unspecified atom stereocenters. The largest absolute Gasteiger partial charge is 0.387 e. The van der Waals surface area contributed by atoms with E-state index in [0.29, 0.717) is 23.4 Å². The fraction of sp³-hybridized carbons (Fsp3) is 0.571. The van der Waals surface area contributed by atoms with Crippen molar-refractivity contribution in [1.82, 2.24) is 5.32 Å². The minimum atomic E-state index is -0.921. The summed E-state index contributed by atoms with van der Waals surface area (Å²) in [5.74, 6) is -1.16. The lowest BCUT2D eigenvalue weighted by Crippen LogP contribution is -2.24. The number of benzene rings is 1. The molecule has 1 fully saturated rings. The Hall–Kier alpha value is -1.00. The van der Waals surface area contributed by atoms with Gasteiger partial charge in [-0.25, -0.2) is 8.78 Å². The summed E-state index contributed by atoms with van der Waals surface area (Å²) in [7, 11) is 0. The Morgan fingerprint density at radius 2 is 2.06 bits per heavy atom. The number of hydrogen-bond donors (Lipinski definition) is 2. The van der Waals surface area contributed by atoms with E-state index in [1.54, 1.807) is 0 Å². The average Bonchev–Trinajstić information content (AvgIpc) is 2.90. The standard InChI is InChI=1S/C14H19F2NO/c1-14(2)6-10(14)7-17-8-13(18)9-3-4-11(15)12(16)5-9/h3-5,10,13,17-18H,6-8H2,1-2H3. The first-order valence-electron chi connectivity index (χ1n) is 6.24. The van der Waals surface area contributed by atoms with Crippen LogP contribution in [0, 0.1) is 23.0 Å². The van der Waals surface area contributed by atoms with E-state index in [4.69, 9.17) is 0 Å². The lowest BCUT2D eigenvalue weighted by molar-refractivity contribution is 0.173. The molecule has 0 saturated heterocycles. The van der Waals surface area contributed by atoms with Crippen molar-refractivity contribution in [3.8, 4) is 0 Å². The van der Waals surface area contributed by atoms with E-state index in [1.807, 2.05) is 0 Å². The third-order valence-electron chi connectivity index (χ3n) is 3.77. The molecule has 0 aromatic heterocycles. The highest BCUT2D eigenvalue weighted by molar-refractivity contribution is 5.20.